The van der Waals surface area contributed by atoms with Gasteiger partial charge >= 0.3 is 0 Å². The number of ether oxygens (including phenoxy) is 1. The highest BCUT2D eigenvalue weighted by Crippen LogP contribution is 2.12. The Labute approximate surface area is 156 Å². The van der Waals surface area contributed by atoms with Crippen LogP contribution in [0.3, 0.4) is 0 Å². The monoisotopic (exact) mass is 360 g/mol. The van der Waals surface area contributed by atoms with E-state index in [0.29, 0.717) is 26.1 Å². The Bertz CT molecular complexity index is 248. The van der Waals surface area contributed by atoms with Crippen molar-refractivity contribution in [3.63, 3.8) is 0 Å². The highest BCUT2D eigenvalue weighted by Gasteiger charge is 2.08. The van der Waals surface area contributed by atoms with Crippen LogP contribution in [0.25, 0.3) is 0 Å². The largest absolute Gasteiger partial charge is 0.394 e. The summed E-state index contributed by atoms with van der Waals surface area (Å²) in [7, 11) is 0. The van der Waals surface area contributed by atoms with Crippen LogP contribution < -0.4 is 0 Å². The van der Waals surface area contributed by atoms with E-state index in [2.05, 4.69) is 6.92 Å². The number of hydrogen-bond acceptors (Lipinski definition) is 4. The van der Waals surface area contributed by atoms with E-state index in [-0.39, 0.29) is 6.61 Å². The molecule has 25 heavy (non-hydrogen) atoms. The molecule has 0 amide bonds. The van der Waals surface area contributed by atoms with Gasteiger partial charge in [0.1, 0.15) is 0 Å². The lowest BCUT2D eigenvalue weighted by Gasteiger charge is -2.13. The minimum absolute atomic E-state index is 0.244. The van der Waals surface area contributed by atoms with E-state index in [1.165, 1.54) is 77.0 Å². The molecule has 0 bridgehead atoms. The number of rotatable bonds is 20. The molecule has 0 rings (SSSR count). The first-order valence-corrected chi connectivity index (χ1v) is 10.8. The molecule has 0 fully saturated rings. The molecule has 0 aliphatic rings. The van der Waals surface area contributed by atoms with Crippen molar-refractivity contribution >= 4 is 0 Å². The average Bonchev–Trinajstić information content (AvgIpc) is 2.62. The SMILES string of the molecule is CCCCCCCCCCCCCCCOC[C@H](O)CC[C@H](O)CO. The molecule has 0 aliphatic heterocycles. The molecule has 3 N–H and O–H groups in total. The van der Waals surface area contributed by atoms with Crippen LogP contribution in [0.4, 0.5) is 0 Å². The van der Waals surface area contributed by atoms with Gasteiger partial charge in [0.2, 0.25) is 0 Å². The van der Waals surface area contributed by atoms with Crippen LogP contribution in [0.5, 0.6) is 0 Å². The first-order chi connectivity index (χ1) is 12.2. The molecule has 0 saturated carbocycles. The predicted octanol–water partition coefficient (Wildman–Crippen LogP) is 4.59. The molecular weight excluding hydrogens is 316 g/mol. The Morgan fingerprint density at radius 3 is 1.56 bits per heavy atom. The molecule has 4 nitrogen and oxygen atoms in total. The lowest BCUT2D eigenvalue weighted by atomic mass is 10.0. The van der Waals surface area contributed by atoms with Gasteiger partial charge in [-0.25, -0.2) is 0 Å². The molecule has 0 aliphatic carbocycles. The fourth-order valence-corrected chi connectivity index (χ4v) is 3.00. The van der Waals surface area contributed by atoms with Crippen LogP contribution in [0.15, 0.2) is 0 Å². The van der Waals surface area contributed by atoms with Gasteiger partial charge in [0, 0.05) is 6.61 Å². The Balaban J connectivity index is 3.11. The molecule has 0 aromatic rings. The van der Waals surface area contributed by atoms with Gasteiger partial charge in [-0.1, -0.05) is 84.0 Å². The van der Waals surface area contributed by atoms with E-state index in [4.69, 9.17) is 9.84 Å². The molecule has 0 radical (unpaired) electrons. The smallest absolute Gasteiger partial charge is 0.0774 e. The quantitative estimate of drug-likeness (QED) is 0.278. The van der Waals surface area contributed by atoms with E-state index in [9.17, 15) is 10.2 Å². The highest BCUT2D eigenvalue weighted by atomic mass is 16.5. The summed E-state index contributed by atoms with van der Waals surface area (Å²) in [6.07, 6.45) is 17.1. The van der Waals surface area contributed by atoms with Gasteiger partial charge in [-0.15, -0.1) is 0 Å². The third-order valence-electron chi connectivity index (χ3n) is 4.75. The fraction of sp³-hybridized carbons (Fsp3) is 1.00. The number of aliphatic hydroxyl groups is 3. The van der Waals surface area contributed by atoms with Crippen molar-refractivity contribution in [1.29, 1.82) is 0 Å². The number of aliphatic hydroxyl groups excluding tert-OH is 3. The van der Waals surface area contributed by atoms with Crippen molar-refractivity contribution in [2.75, 3.05) is 19.8 Å². The van der Waals surface area contributed by atoms with Crippen molar-refractivity contribution in [3.8, 4) is 0 Å². The van der Waals surface area contributed by atoms with Crippen molar-refractivity contribution in [3.05, 3.63) is 0 Å². The summed E-state index contributed by atoms with van der Waals surface area (Å²) in [5.41, 5.74) is 0. The molecule has 0 unspecified atom stereocenters. The molecule has 0 aromatic heterocycles. The van der Waals surface area contributed by atoms with E-state index >= 15 is 0 Å². The molecule has 0 aromatic carbocycles. The van der Waals surface area contributed by atoms with Gasteiger partial charge in [0.25, 0.3) is 0 Å². The zero-order chi connectivity index (χ0) is 18.6. The zero-order valence-corrected chi connectivity index (χ0v) is 16.6. The fourth-order valence-electron chi connectivity index (χ4n) is 3.00. The average molecular weight is 361 g/mol. The predicted molar refractivity (Wildman–Crippen MR) is 105 cm³/mol. The number of hydrogen-bond donors (Lipinski definition) is 3. The molecule has 2 atom stereocenters. The highest BCUT2D eigenvalue weighted by molar-refractivity contribution is 4.59. The van der Waals surface area contributed by atoms with Crippen LogP contribution in [-0.4, -0.2) is 47.3 Å². The van der Waals surface area contributed by atoms with Gasteiger partial charge < -0.3 is 20.1 Å². The second kappa shape index (κ2) is 20.2. The van der Waals surface area contributed by atoms with Gasteiger partial charge in [0.05, 0.1) is 25.4 Å². The van der Waals surface area contributed by atoms with Crippen molar-refractivity contribution in [2.24, 2.45) is 0 Å². The lowest BCUT2D eigenvalue weighted by Crippen LogP contribution is -2.20. The first-order valence-electron chi connectivity index (χ1n) is 10.8. The number of unbranched alkanes of at least 4 members (excludes halogenated alkanes) is 12. The van der Waals surface area contributed by atoms with Crippen LogP contribution in [0.2, 0.25) is 0 Å². The summed E-state index contributed by atoms with van der Waals surface area (Å²) < 4.78 is 5.47. The summed E-state index contributed by atoms with van der Waals surface area (Å²) in [5, 5.41) is 27.6. The maximum atomic E-state index is 9.68. The molecule has 0 heterocycles. The van der Waals surface area contributed by atoms with E-state index in [0.717, 1.165) is 6.42 Å². The van der Waals surface area contributed by atoms with Gasteiger partial charge in [-0.2, -0.15) is 0 Å². The molecule has 4 heteroatoms. The maximum absolute atomic E-state index is 9.68. The van der Waals surface area contributed by atoms with E-state index < -0.39 is 12.2 Å². The van der Waals surface area contributed by atoms with Crippen LogP contribution in [-0.2, 0) is 4.74 Å². The molecule has 0 spiro atoms. The van der Waals surface area contributed by atoms with Crippen LogP contribution in [0, 0.1) is 0 Å². The minimum Gasteiger partial charge on any atom is -0.394 e. The van der Waals surface area contributed by atoms with E-state index in [1.54, 1.807) is 0 Å². The third kappa shape index (κ3) is 20.0. The normalized spacial score (nSPS) is 13.9. The lowest BCUT2D eigenvalue weighted by molar-refractivity contribution is 0.0164. The minimum atomic E-state index is -0.726. The first kappa shape index (κ1) is 24.8. The maximum Gasteiger partial charge on any atom is 0.0774 e. The van der Waals surface area contributed by atoms with Crippen molar-refractivity contribution in [1.82, 2.24) is 0 Å². The van der Waals surface area contributed by atoms with Crippen molar-refractivity contribution < 1.29 is 20.1 Å². The summed E-state index contributed by atoms with van der Waals surface area (Å²) in [6.45, 7) is 3.06. The topological polar surface area (TPSA) is 69.9 Å². The second-order valence-corrected chi connectivity index (χ2v) is 7.39. The summed E-state index contributed by atoms with van der Waals surface area (Å²) in [4.78, 5) is 0. The third-order valence-corrected chi connectivity index (χ3v) is 4.75. The zero-order valence-electron chi connectivity index (χ0n) is 16.6. The van der Waals surface area contributed by atoms with Crippen LogP contribution >= 0.6 is 0 Å². The standard InChI is InChI=1S/C21H44O4/c1-2-3-4-5-6-7-8-9-10-11-12-13-14-17-25-19-21(24)16-15-20(23)18-22/h20-24H,2-19H2,1H3/t20-,21+/m0/s1. The van der Waals surface area contributed by atoms with Crippen molar-refractivity contribution in [2.45, 2.75) is 115 Å². The van der Waals surface area contributed by atoms with Gasteiger partial charge in [-0.05, 0) is 19.3 Å². The van der Waals surface area contributed by atoms with Gasteiger partial charge in [-0.3, -0.25) is 0 Å². The molecule has 152 valence electrons. The second-order valence-electron chi connectivity index (χ2n) is 7.39. The molecular formula is C21H44O4. The van der Waals surface area contributed by atoms with E-state index in [1.807, 2.05) is 0 Å². The Kier molecular flexibility index (Phi) is 20.0. The van der Waals surface area contributed by atoms with Crippen LogP contribution in [0.1, 0.15) is 103 Å². The Morgan fingerprint density at radius 2 is 1.08 bits per heavy atom. The molecule has 0 saturated heterocycles. The Morgan fingerprint density at radius 1 is 0.640 bits per heavy atom. The summed E-state index contributed by atoms with van der Waals surface area (Å²) in [5.74, 6) is 0. The Hall–Kier alpha value is -0.160. The summed E-state index contributed by atoms with van der Waals surface area (Å²) in [6, 6.07) is 0. The van der Waals surface area contributed by atoms with Gasteiger partial charge in [0.15, 0.2) is 0 Å². The summed E-state index contributed by atoms with van der Waals surface area (Å²) >= 11 is 0.